The van der Waals surface area contributed by atoms with Crippen LogP contribution >= 0.6 is 0 Å². The van der Waals surface area contributed by atoms with Gasteiger partial charge in [0, 0.05) is 31.2 Å². The van der Waals surface area contributed by atoms with E-state index in [1.165, 1.54) is 5.56 Å². The number of benzene rings is 2. The van der Waals surface area contributed by atoms with Crippen molar-refractivity contribution in [2.45, 2.75) is 19.5 Å². The number of amides is 1. The van der Waals surface area contributed by atoms with Crippen LogP contribution in [0, 0.1) is 5.92 Å². The molecule has 2 aromatic carbocycles. The first kappa shape index (κ1) is 15.8. The summed E-state index contributed by atoms with van der Waals surface area (Å²) in [6, 6.07) is 16.0. The summed E-state index contributed by atoms with van der Waals surface area (Å²) < 4.78 is 0. The molecule has 0 unspecified atom stereocenters. The van der Waals surface area contributed by atoms with E-state index >= 15 is 0 Å². The van der Waals surface area contributed by atoms with Gasteiger partial charge in [0.15, 0.2) is 0 Å². The Kier molecular flexibility index (Phi) is 4.19. The second-order valence-electron chi connectivity index (χ2n) is 6.76. The quantitative estimate of drug-likeness (QED) is 0.767. The topological polar surface area (TPSA) is 73.9 Å². The lowest BCUT2D eigenvalue weighted by Gasteiger charge is -2.17. The van der Waals surface area contributed by atoms with Crippen LogP contribution in [0.1, 0.15) is 22.8 Å². The fourth-order valence-corrected chi connectivity index (χ4v) is 3.46. The molecule has 2 heterocycles. The highest BCUT2D eigenvalue weighted by atomic mass is 16.1. The Balaban J connectivity index is 1.40. The van der Waals surface area contributed by atoms with Gasteiger partial charge in [0.05, 0.1) is 0 Å². The van der Waals surface area contributed by atoms with E-state index in [2.05, 4.69) is 56.8 Å². The fraction of sp³-hybridized carbons (Fsp3) is 0.316. The molecule has 0 bridgehead atoms. The van der Waals surface area contributed by atoms with Crippen LogP contribution in [-0.4, -0.2) is 45.3 Å². The number of hydrogen-bond acceptors (Lipinski definition) is 4. The Bertz CT molecular complexity index is 876. The molecule has 0 saturated carbocycles. The average molecular weight is 335 g/mol. The maximum absolute atomic E-state index is 12.6. The summed E-state index contributed by atoms with van der Waals surface area (Å²) in [6.07, 6.45) is 0. The largest absolute Gasteiger partial charge is 0.348 e. The molecule has 3 aromatic rings. The van der Waals surface area contributed by atoms with Gasteiger partial charge in [-0.15, -0.1) is 0 Å². The molecule has 0 aliphatic carbocycles. The number of aromatic amines is 1. The first-order chi connectivity index (χ1) is 12.2. The van der Waals surface area contributed by atoms with Crippen LogP contribution in [0.15, 0.2) is 48.5 Å². The third-order valence-corrected chi connectivity index (χ3v) is 4.83. The van der Waals surface area contributed by atoms with E-state index in [1.807, 2.05) is 12.1 Å². The van der Waals surface area contributed by atoms with Crippen molar-refractivity contribution in [3.8, 4) is 0 Å². The smallest absolute Gasteiger partial charge is 0.251 e. The van der Waals surface area contributed by atoms with Crippen molar-refractivity contribution in [2.24, 2.45) is 5.92 Å². The zero-order chi connectivity index (χ0) is 17.2. The SMILES string of the molecule is C[C@H]1CN(Cc2ccccc2)C[C@@H]1NC(=O)c1ccc2n[nH]nc2c1. The van der Waals surface area contributed by atoms with Crippen molar-refractivity contribution in [1.29, 1.82) is 0 Å². The number of nitrogens with one attached hydrogen (secondary N) is 2. The number of likely N-dealkylation sites (tertiary alicyclic amines) is 1. The molecule has 0 radical (unpaired) electrons. The predicted molar refractivity (Wildman–Crippen MR) is 96.0 cm³/mol. The minimum absolute atomic E-state index is 0.0525. The molecule has 2 atom stereocenters. The number of carbonyl (C=O) groups excluding carboxylic acids is 1. The Morgan fingerprint density at radius 2 is 1.96 bits per heavy atom. The monoisotopic (exact) mass is 335 g/mol. The van der Waals surface area contributed by atoms with Crippen LogP contribution in [0.2, 0.25) is 0 Å². The van der Waals surface area contributed by atoms with Crippen molar-refractivity contribution >= 4 is 16.9 Å². The molecule has 1 aromatic heterocycles. The van der Waals surface area contributed by atoms with Crippen molar-refractivity contribution in [3.05, 3.63) is 59.7 Å². The van der Waals surface area contributed by atoms with Gasteiger partial charge in [-0.1, -0.05) is 37.3 Å². The molecule has 0 spiro atoms. The first-order valence-electron chi connectivity index (χ1n) is 8.57. The van der Waals surface area contributed by atoms with Crippen molar-refractivity contribution in [3.63, 3.8) is 0 Å². The second-order valence-corrected chi connectivity index (χ2v) is 6.76. The van der Waals surface area contributed by atoms with Gasteiger partial charge in [-0.25, -0.2) is 0 Å². The molecular weight excluding hydrogens is 314 g/mol. The summed E-state index contributed by atoms with van der Waals surface area (Å²) in [7, 11) is 0. The Labute approximate surface area is 146 Å². The van der Waals surface area contributed by atoms with Gasteiger partial charge < -0.3 is 5.32 Å². The predicted octanol–water partition coefficient (Wildman–Crippen LogP) is 2.21. The highest BCUT2D eigenvalue weighted by Crippen LogP contribution is 2.20. The number of nitrogens with zero attached hydrogens (tertiary/aromatic N) is 3. The third kappa shape index (κ3) is 3.39. The van der Waals surface area contributed by atoms with Gasteiger partial charge in [0.2, 0.25) is 0 Å². The highest BCUT2D eigenvalue weighted by Gasteiger charge is 2.30. The number of aromatic nitrogens is 3. The summed E-state index contributed by atoms with van der Waals surface area (Å²) in [5.41, 5.74) is 3.39. The molecule has 1 amide bonds. The van der Waals surface area contributed by atoms with Gasteiger partial charge >= 0.3 is 0 Å². The molecule has 1 saturated heterocycles. The normalized spacial score (nSPS) is 20.8. The average Bonchev–Trinajstić information content (AvgIpc) is 3.22. The van der Waals surface area contributed by atoms with Gasteiger partial charge in [-0.2, -0.15) is 15.4 Å². The molecule has 6 heteroatoms. The van der Waals surface area contributed by atoms with Gasteiger partial charge in [0.1, 0.15) is 11.0 Å². The van der Waals surface area contributed by atoms with Crippen molar-refractivity contribution in [2.75, 3.05) is 13.1 Å². The number of rotatable bonds is 4. The van der Waals surface area contributed by atoms with E-state index in [0.29, 0.717) is 17.0 Å². The van der Waals surface area contributed by atoms with Gasteiger partial charge in [0.25, 0.3) is 5.91 Å². The molecule has 1 aliphatic heterocycles. The van der Waals surface area contributed by atoms with Crippen molar-refractivity contribution < 1.29 is 4.79 Å². The zero-order valence-corrected chi connectivity index (χ0v) is 14.1. The number of fused-ring (bicyclic) bond motifs is 1. The molecular formula is C19H21N5O. The number of hydrogen-bond donors (Lipinski definition) is 2. The highest BCUT2D eigenvalue weighted by molar-refractivity contribution is 5.97. The van der Waals surface area contributed by atoms with Gasteiger partial charge in [-0.05, 0) is 29.7 Å². The fourth-order valence-electron chi connectivity index (χ4n) is 3.46. The summed E-state index contributed by atoms with van der Waals surface area (Å²) in [6.45, 7) is 4.97. The molecule has 2 N–H and O–H groups in total. The van der Waals surface area contributed by atoms with Gasteiger partial charge in [-0.3, -0.25) is 9.69 Å². The molecule has 128 valence electrons. The molecule has 1 fully saturated rings. The molecule has 25 heavy (non-hydrogen) atoms. The summed E-state index contributed by atoms with van der Waals surface area (Å²) in [5, 5.41) is 13.8. The van der Waals surface area contributed by atoms with E-state index in [-0.39, 0.29) is 11.9 Å². The van der Waals surface area contributed by atoms with E-state index in [4.69, 9.17) is 0 Å². The van der Waals surface area contributed by atoms with Crippen LogP contribution in [0.25, 0.3) is 11.0 Å². The minimum atomic E-state index is -0.0525. The van der Waals surface area contributed by atoms with Crippen LogP contribution < -0.4 is 5.32 Å². The Morgan fingerprint density at radius 1 is 1.16 bits per heavy atom. The molecule has 1 aliphatic rings. The van der Waals surface area contributed by atoms with Crippen molar-refractivity contribution in [1.82, 2.24) is 25.6 Å². The van der Waals surface area contributed by atoms with Crippen LogP contribution in [-0.2, 0) is 6.54 Å². The van der Waals surface area contributed by atoms with Crippen LogP contribution in [0.5, 0.6) is 0 Å². The first-order valence-corrected chi connectivity index (χ1v) is 8.57. The third-order valence-electron chi connectivity index (χ3n) is 4.83. The van der Waals surface area contributed by atoms with E-state index < -0.39 is 0 Å². The van der Waals surface area contributed by atoms with E-state index in [0.717, 1.165) is 25.2 Å². The summed E-state index contributed by atoms with van der Waals surface area (Å²) in [5.74, 6) is 0.367. The molecule has 4 rings (SSSR count). The Morgan fingerprint density at radius 3 is 2.80 bits per heavy atom. The number of carbonyl (C=O) groups is 1. The van der Waals surface area contributed by atoms with Crippen LogP contribution in [0.3, 0.4) is 0 Å². The van der Waals surface area contributed by atoms with Crippen LogP contribution in [0.4, 0.5) is 0 Å². The Hall–Kier alpha value is -2.73. The summed E-state index contributed by atoms with van der Waals surface area (Å²) in [4.78, 5) is 15.0. The maximum Gasteiger partial charge on any atom is 0.251 e. The van der Waals surface area contributed by atoms with E-state index in [9.17, 15) is 4.79 Å². The standard InChI is InChI=1S/C19H21N5O/c1-13-10-24(11-14-5-3-2-4-6-14)12-18(13)20-19(25)15-7-8-16-17(9-15)22-23-21-16/h2-9,13,18H,10-12H2,1H3,(H,20,25)(H,21,22,23)/t13-,18-/m0/s1. The zero-order valence-electron chi connectivity index (χ0n) is 14.1. The number of H-pyrrole nitrogens is 1. The lowest BCUT2D eigenvalue weighted by atomic mass is 10.1. The lowest BCUT2D eigenvalue weighted by molar-refractivity contribution is 0.0931. The lowest BCUT2D eigenvalue weighted by Crippen LogP contribution is -2.39. The minimum Gasteiger partial charge on any atom is -0.348 e. The second kappa shape index (κ2) is 6.64. The maximum atomic E-state index is 12.6. The molecule has 6 nitrogen and oxygen atoms in total. The summed E-state index contributed by atoms with van der Waals surface area (Å²) >= 11 is 0. The van der Waals surface area contributed by atoms with E-state index in [1.54, 1.807) is 12.1 Å².